The number of hydrogen-bond acceptors (Lipinski definition) is 5. The molecule has 0 aliphatic rings. The molecule has 2 atom stereocenters. The zero-order valence-corrected chi connectivity index (χ0v) is 18.2. The van der Waals surface area contributed by atoms with Gasteiger partial charge in [-0.25, -0.2) is 0 Å². The summed E-state index contributed by atoms with van der Waals surface area (Å²) >= 11 is 1.12. The van der Waals surface area contributed by atoms with Gasteiger partial charge in [0.2, 0.25) is 0 Å². The van der Waals surface area contributed by atoms with E-state index in [9.17, 15) is 18.5 Å². The lowest BCUT2D eigenvalue weighted by Crippen LogP contribution is -2.42. The van der Waals surface area contributed by atoms with Gasteiger partial charge in [0, 0.05) is 10.1 Å². The molecule has 1 N–H and O–H groups in total. The second-order valence-corrected chi connectivity index (χ2v) is 9.77. The monoisotopic (exact) mass is 422 g/mol. The van der Waals surface area contributed by atoms with Crippen molar-refractivity contribution in [3.8, 4) is 0 Å². The normalized spacial score (nSPS) is 14.7. The molecule has 0 bridgehead atoms. The molecule has 0 heterocycles. The molecule has 1 aromatic rings. The maximum atomic E-state index is 15.0. The highest BCUT2D eigenvalue weighted by atomic mass is 32.2. The van der Waals surface area contributed by atoms with Crippen LogP contribution in [0.3, 0.4) is 0 Å². The van der Waals surface area contributed by atoms with E-state index in [1.807, 2.05) is 45.0 Å². The standard InChI is InChI=1S/C19H29F2O4PS/c1-6-24-26(23,25-7-2)19(20,21)18(22)17(13-8-14(3)4)27-16-11-9-15(5)10-12-16/h8-12,17-18,22H,6-7,13H2,1-5H3/t17-,18-/m0/s1. The largest absolute Gasteiger partial charge is 0.402 e. The van der Waals surface area contributed by atoms with Gasteiger partial charge in [-0.15, -0.1) is 11.8 Å². The van der Waals surface area contributed by atoms with Crippen LogP contribution in [0.2, 0.25) is 0 Å². The highest BCUT2D eigenvalue weighted by Crippen LogP contribution is 2.64. The van der Waals surface area contributed by atoms with Crippen molar-refractivity contribution in [1.82, 2.24) is 0 Å². The molecule has 0 aliphatic carbocycles. The molecule has 0 saturated heterocycles. The van der Waals surface area contributed by atoms with Crippen LogP contribution in [0.1, 0.15) is 39.7 Å². The summed E-state index contributed by atoms with van der Waals surface area (Å²) in [6, 6.07) is 7.36. The summed E-state index contributed by atoms with van der Waals surface area (Å²) in [5, 5.41) is 9.60. The van der Waals surface area contributed by atoms with Gasteiger partial charge in [-0.2, -0.15) is 8.78 Å². The molecule has 0 aliphatic heterocycles. The minimum atomic E-state index is -4.81. The van der Waals surface area contributed by atoms with Crippen LogP contribution in [0, 0.1) is 6.92 Å². The molecule has 0 radical (unpaired) electrons. The third kappa shape index (κ3) is 6.68. The van der Waals surface area contributed by atoms with E-state index in [0.717, 1.165) is 27.8 Å². The lowest BCUT2D eigenvalue weighted by molar-refractivity contribution is -0.0653. The summed E-state index contributed by atoms with van der Waals surface area (Å²) < 4.78 is 52.2. The molecule has 4 nitrogen and oxygen atoms in total. The van der Waals surface area contributed by atoms with Crippen molar-refractivity contribution in [2.45, 2.75) is 63.0 Å². The van der Waals surface area contributed by atoms with Gasteiger partial charge in [-0.05, 0) is 53.2 Å². The Morgan fingerprint density at radius 2 is 1.74 bits per heavy atom. The lowest BCUT2D eigenvalue weighted by atomic mass is 10.1. The maximum Gasteiger partial charge on any atom is 0.402 e. The van der Waals surface area contributed by atoms with Crippen LogP contribution in [-0.2, 0) is 13.6 Å². The molecule has 0 spiro atoms. The van der Waals surface area contributed by atoms with Crippen molar-refractivity contribution in [2.75, 3.05) is 13.2 Å². The Kier molecular flexibility index (Phi) is 9.66. The fraction of sp³-hybridized carbons (Fsp3) is 0.579. The third-order valence-electron chi connectivity index (χ3n) is 3.74. The summed E-state index contributed by atoms with van der Waals surface area (Å²) in [5.41, 5.74) is -2.04. The molecule has 0 saturated carbocycles. The Morgan fingerprint density at radius 1 is 1.22 bits per heavy atom. The molecule has 0 amide bonds. The van der Waals surface area contributed by atoms with Crippen LogP contribution in [0.25, 0.3) is 0 Å². The van der Waals surface area contributed by atoms with Crippen molar-refractivity contribution >= 4 is 19.4 Å². The number of alkyl halides is 2. The number of rotatable bonds is 11. The number of thioether (sulfide) groups is 1. The number of aliphatic hydroxyl groups excluding tert-OH is 1. The van der Waals surface area contributed by atoms with Crippen LogP contribution in [-0.4, -0.2) is 35.3 Å². The SMILES string of the molecule is CCOP(=O)(OCC)C(F)(F)[C@@H](O)[C@H](CC=C(C)C)Sc1ccc(C)cc1. The molecular formula is C19H29F2O4PS. The van der Waals surface area contributed by atoms with Gasteiger partial charge in [0.05, 0.1) is 13.2 Å². The van der Waals surface area contributed by atoms with Gasteiger partial charge < -0.3 is 14.2 Å². The Morgan fingerprint density at radius 3 is 2.19 bits per heavy atom. The van der Waals surface area contributed by atoms with E-state index in [1.165, 1.54) is 13.8 Å². The predicted octanol–water partition coefficient (Wildman–Crippen LogP) is 6.03. The van der Waals surface area contributed by atoms with Gasteiger partial charge in [0.25, 0.3) is 0 Å². The molecule has 0 unspecified atom stereocenters. The van der Waals surface area contributed by atoms with Crippen LogP contribution >= 0.6 is 19.4 Å². The fourth-order valence-corrected chi connectivity index (χ4v) is 5.16. The van der Waals surface area contributed by atoms with E-state index in [2.05, 4.69) is 0 Å². The quantitative estimate of drug-likeness (QED) is 0.268. The second kappa shape index (κ2) is 10.7. The molecule has 1 aromatic carbocycles. The van der Waals surface area contributed by atoms with Crippen LogP contribution in [0.5, 0.6) is 0 Å². The first-order valence-electron chi connectivity index (χ1n) is 8.89. The van der Waals surface area contributed by atoms with E-state index in [-0.39, 0.29) is 19.6 Å². The van der Waals surface area contributed by atoms with Gasteiger partial charge >= 0.3 is 13.3 Å². The lowest BCUT2D eigenvalue weighted by Gasteiger charge is -2.33. The Hall–Kier alpha value is -0.720. The summed E-state index contributed by atoms with van der Waals surface area (Å²) in [5.74, 6) is 0. The number of halogens is 2. The first kappa shape index (κ1) is 24.3. The van der Waals surface area contributed by atoms with Gasteiger partial charge in [-0.3, -0.25) is 4.57 Å². The average molecular weight is 422 g/mol. The topological polar surface area (TPSA) is 55.8 Å². The van der Waals surface area contributed by atoms with Gasteiger partial charge in [-0.1, -0.05) is 29.3 Å². The van der Waals surface area contributed by atoms with Gasteiger partial charge in [0.15, 0.2) is 0 Å². The zero-order valence-electron chi connectivity index (χ0n) is 16.4. The van der Waals surface area contributed by atoms with Gasteiger partial charge in [0.1, 0.15) is 6.10 Å². The number of aryl methyl sites for hydroxylation is 1. The number of aliphatic hydroxyl groups is 1. The Labute approximate surface area is 164 Å². The highest BCUT2D eigenvalue weighted by molar-refractivity contribution is 8.00. The predicted molar refractivity (Wildman–Crippen MR) is 107 cm³/mol. The van der Waals surface area contributed by atoms with Crippen molar-refractivity contribution in [3.05, 3.63) is 41.5 Å². The fourth-order valence-electron chi connectivity index (χ4n) is 2.32. The van der Waals surface area contributed by atoms with Crippen molar-refractivity contribution in [3.63, 3.8) is 0 Å². The number of benzene rings is 1. The van der Waals surface area contributed by atoms with E-state index >= 15 is 0 Å². The van der Waals surface area contributed by atoms with E-state index in [0.29, 0.717) is 0 Å². The first-order chi connectivity index (χ1) is 12.6. The molecule has 0 fully saturated rings. The van der Waals surface area contributed by atoms with Crippen LogP contribution in [0.15, 0.2) is 40.8 Å². The number of allylic oxidation sites excluding steroid dienone is 2. The maximum absolute atomic E-state index is 15.0. The summed E-state index contributed by atoms with van der Waals surface area (Å²) in [6.45, 7) is 8.13. The van der Waals surface area contributed by atoms with Crippen LogP contribution in [0.4, 0.5) is 8.78 Å². The molecular weight excluding hydrogens is 393 g/mol. The summed E-state index contributed by atoms with van der Waals surface area (Å²) in [4.78, 5) is 0.741. The molecule has 8 heteroatoms. The first-order valence-corrected chi connectivity index (χ1v) is 11.3. The highest BCUT2D eigenvalue weighted by Gasteiger charge is 2.60. The van der Waals surface area contributed by atoms with Crippen molar-refractivity contribution < 1.29 is 27.5 Å². The Balaban J connectivity index is 3.18. The minimum absolute atomic E-state index is 0.190. The zero-order chi connectivity index (χ0) is 20.7. The summed E-state index contributed by atoms with van der Waals surface area (Å²) in [6.07, 6.45) is -0.240. The number of hydrogen-bond donors (Lipinski definition) is 1. The molecule has 154 valence electrons. The smallest absolute Gasteiger partial charge is 0.385 e. The second-order valence-electron chi connectivity index (χ2n) is 6.35. The van der Waals surface area contributed by atoms with E-state index in [4.69, 9.17) is 9.05 Å². The van der Waals surface area contributed by atoms with Crippen molar-refractivity contribution in [2.24, 2.45) is 0 Å². The average Bonchev–Trinajstić information content (AvgIpc) is 2.59. The Bertz CT molecular complexity index is 650. The van der Waals surface area contributed by atoms with E-state index < -0.39 is 24.6 Å². The van der Waals surface area contributed by atoms with Crippen LogP contribution < -0.4 is 0 Å². The summed E-state index contributed by atoms with van der Waals surface area (Å²) in [7, 11) is -4.81. The minimum Gasteiger partial charge on any atom is -0.385 e. The molecule has 0 aromatic heterocycles. The molecule has 1 rings (SSSR count). The third-order valence-corrected chi connectivity index (χ3v) is 7.23. The van der Waals surface area contributed by atoms with Crippen molar-refractivity contribution in [1.29, 1.82) is 0 Å². The molecule has 27 heavy (non-hydrogen) atoms. The van der Waals surface area contributed by atoms with E-state index in [1.54, 1.807) is 6.08 Å².